The molecule has 1 aliphatic rings. The maximum atomic E-state index is 13.7. The molecule has 3 heteroatoms. The Kier molecular flexibility index (Phi) is 4.03. The highest BCUT2D eigenvalue weighted by Gasteiger charge is 2.45. The van der Waals surface area contributed by atoms with Crippen LogP contribution >= 0.6 is 0 Å². The second kappa shape index (κ2) is 5.37. The summed E-state index contributed by atoms with van der Waals surface area (Å²) in [6.07, 6.45) is 3.54. The van der Waals surface area contributed by atoms with E-state index in [2.05, 4.69) is 18.9 Å². The quantitative estimate of drug-likeness (QED) is 0.841. The number of nitrogens with two attached hydrogens (primary N) is 1. The highest BCUT2D eigenvalue weighted by molar-refractivity contribution is 5.18. The summed E-state index contributed by atoms with van der Waals surface area (Å²) in [7, 11) is 2.07. The molecule has 18 heavy (non-hydrogen) atoms. The lowest BCUT2D eigenvalue weighted by Crippen LogP contribution is -2.53. The van der Waals surface area contributed by atoms with Crippen LogP contribution in [-0.4, -0.2) is 24.0 Å². The molecule has 0 amide bonds. The third kappa shape index (κ3) is 2.43. The van der Waals surface area contributed by atoms with E-state index >= 15 is 0 Å². The van der Waals surface area contributed by atoms with Crippen LogP contribution in [0.4, 0.5) is 4.39 Å². The van der Waals surface area contributed by atoms with Gasteiger partial charge in [0, 0.05) is 24.2 Å². The van der Waals surface area contributed by atoms with Crippen molar-refractivity contribution in [1.82, 2.24) is 4.90 Å². The van der Waals surface area contributed by atoms with Gasteiger partial charge in [-0.1, -0.05) is 25.1 Å². The van der Waals surface area contributed by atoms with Crippen molar-refractivity contribution in [2.75, 3.05) is 13.6 Å². The van der Waals surface area contributed by atoms with Crippen molar-refractivity contribution in [3.63, 3.8) is 0 Å². The molecule has 1 saturated carbocycles. The largest absolute Gasteiger partial charge is 0.329 e. The minimum Gasteiger partial charge on any atom is -0.329 e. The van der Waals surface area contributed by atoms with Crippen molar-refractivity contribution < 1.29 is 4.39 Å². The van der Waals surface area contributed by atoms with Gasteiger partial charge < -0.3 is 5.73 Å². The van der Waals surface area contributed by atoms with Crippen molar-refractivity contribution in [3.05, 3.63) is 35.6 Å². The van der Waals surface area contributed by atoms with E-state index in [-0.39, 0.29) is 11.4 Å². The second-order valence-corrected chi connectivity index (χ2v) is 5.38. The van der Waals surface area contributed by atoms with Crippen molar-refractivity contribution in [2.24, 2.45) is 11.7 Å². The molecule has 1 aromatic rings. The smallest absolute Gasteiger partial charge is 0.127 e. The normalized spacial score (nSPS) is 18.9. The Labute approximate surface area is 109 Å². The molecule has 0 spiro atoms. The Morgan fingerprint density at radius 1 is 1.39 bits per heavy atom. The third-order valence-electron chi connectivity index (χ3n) is 4.43. The average Bonchev–Trinajstić information content (AvgIpc) is 3.19. The van der Waals surface area contributed by atoms with E-state index in [9.17, 15) is 4.39 Å². The molecule has 0 bridgehead atoms. The lowest BCUT2D eigenvalue weighted by atomic mass is 9.88. The number of hydrogen-bond acceptors (Lipinski definition) is 2. The third-order valence-corrected chi connectivity index (χ3v) is 4.43. The molecule has 1 atom stereocenters. The van der Waals surface area contributed by atoms with Gasteiger partial charge in [-0.05, 0) is 38.3 Å². The van der Waals surface area contributed by atoms with Gasteiger partial charge in [-0.3, -0.25) is 4.90 Å². The average molecular weight is 250 g/mol. The molecular formula is C15H23FN2. The van der Waals surface area contributed by atoms with E-state index in [0.717, 1.165) is 12.0 Å². The van der Waals surface area contributed by atoms with E-state index < -0.39 is 0 Å². The van der Waals surface area contributed by atoms with Crippen LogP contribution in [0, 0.1) is 11.7 Å². The van der Waals surface area contributed by atoms with Crippen LogP contribution in [0.3, 0.4) is 0 Å². The SMILES string of the molecule is CCC(CN)(C1CC1)N(C)Cc1ccccc1F. The number of nitrogens with zero attached hydrogens (tertiary/aromatic N) is 1. The summed E-state index contributed by atoms with van der Waals surface area (Å²) in [5.74, 6) is 0.562. The van der Waals surface area contributed by atoms with E-state index in [0.29, 0.717) is 19.0 Å². The molecule has 2 N–H and O–H groups in total. The molecule has 0 radical (unpaired) electrons. The lowest BCUT2D eigenvalue weighted by Gasteiger charge is -2.41. The van der Waals surface area contributed by atoms with Gasteiger partial charge in [0.05, 0.1) is 0 Å². The molecule has 1 aliphatic carbocycles. The monoisotopic (exact) mass is 250 g/mol. The zero-order chi connectivity index (χ0) is 13.2. The minimum absolute atomic E-state index is 0.0439. The topological polar surface area (TPSA) is 29.3 Å². The number of hydrogen-bond donors (Lipinski definition) is 1. The number of halogens is 1. The zero-order valence-corrected chi connectivity index (χ0v) is 11.3. The predicted octanol–water partition coefficient (Wildman–Crippen LogP) is 2.78. The molecule has 1 unspecified atom stereocenters. The van der Waals surface area contributed by atoms with Gasteiger partial charge in [0.25, 0.3) is 0 Å². The summed E-state index contributed by atoms with van der Waals surface area (Å²) in [6.45, 7) is 3.47. The Morgan fingerprint density at radius 3 is 2.56 bits per heavy atom. The number of benzene rings is 1. The van der Waals surface area contributed by atoms with Gasteiger partial charge in [-0.2, -0.15) is 0 Å². The van der Waals surface area contributed by atoms with Crippen molar-refractivity contribution in [1.29, 1.82) is 0 Å². The highest BCUT2D eigenvalue weighted by atomic mass is 19.1. The predicted molar refractivity (Wildman–Crippen MR) is 72.7 cm³/mol. The summed E-state index contributed by atoms with van der Waals surface area (Å²) < 4.78 is 13.7. The first kappa shape index (κ1) is 13.5. The lowest BCUT2D eigenvalue weighted by molar-refractivity contribution is 0.0880. The Hall–Kier alpha value is -0.930. The van der Waals surface area contributed by atoms with Crippen LogP contribution in [0.15, 0.2) is 24.3 Å². The maximum Gasteiger partial charge on any atom is 0.127 e. The molecule has 0 heterocycles. The van der Waals surface area contributed by atoms with E-state index in [1.165, 1.54) is 18.9 Å². The summed E-state index contributed by atoms with van der Waals surface area (Å²) in [6, 6.07) is 7.00. The molecule has 0 aromatic heterocycles. The van der Waals surface area contributed by atoms with Gasteiger partial charge in [-0.25, -0.2) is 4.39 Å². The van der Waals surface area contributed by atoms with E-state index in [1.54, 1.807) is 6.07 Å². The summed E-state index contributed by atoms with van der Waals surface area (Å²) in [5.41, 5.74) is 6.82. The molecule has 2 nitrogen and oxygen atoms in total. The van der Waals surface area contributed by atoms with Gasteiger partial charge in [0.15, 0.2) is 0 Å². The Bertz CT molecular complexity index is 397. The maximum absolute atomic E-state index is 13.7. The van der Waals surface area contributed by atoms with Gasteiger partial charge >= 0.3 is 0 Å². The van der Waals surface area contributed by atoms with E-state index in [1.807, 2.05) is 12.1 Å². The fraction of sp³-hybridized carbons (Fsp3) is 0.600. The van der Waals surface area contributed by atoms with Crippen LogP contribution in [0.25, 0.3) is 0 Å². The van der Waals surface area contributed by atoms with Crippen LogP contribution < -0.4 is 5.73 Å². The van der Waals surface area contributed by atoms with Gasteiger partial charge in [0.2, 0.25) is 0 Å². The molecule has 100 valence electrons. The first-order valence-electron chi connectivity index (χ1n) is 6.78. The molecule has 1 aromatic carbocycles. The molecule has 1 fully saturated rings. The standard InChI is InChI=1S/C15H23FN2/c1-3-15(11-17,13-8-9-13)18(2)10-12-6-4-5-7-14(12)16/h4-7,13H,3,8-11,17H2,1-2H3. The van der Waals surface area contributed by atoms with Crippen molar-refractivity contribution >= 4 is 0 Å². The first-order valence-corrected chi connectivity index (χ1v) is 6.78. The van der Waals surface area contributed by atoms with Gasteiger partial charge in [-0.15, -0.1) is 0 Å². The summed E-state index contributed by atoms with van der Waals surface area (Å²) >= 11 is 0. The molecule has 0 aliphatic heterocycles. The van der Waals surface area contributed by atoms with Crippen LogP contribution in [-0.2, 0) is 6.54 Å². The van der Waals surface area contributed by atoms with Crippen LogP contribution in [0.2, 0.25) is 0 Å². The number of likely N-dealkylation sites (N-methyl/N-ethyl adjacent to an activating group) is 1. The fourth-order valence-electron chi connectivity index (χ4n) is 3.00. The Morgan fingerprint density at radius 2 is 2.06 bits per heavy atom. The van der Waals surface area contributed by atoms with E-state index in [4.69, 9.17) is 5.73 Å². The molecular weight excluding hydrogens is 227 g/mol. The van der Waals surface area contributed by atoms with Crippen LogP contribution in [0.1, 0.15) is 31.7 Å². The minimum atomic E-state index is -0.123. The summed E-state index contributed by atoms with van der Waals surface area (Å²) in [5, 5.41) is 0. The fourth-order valence-corrected chi connectivity index (χ4v) is 3.00. The zero-order valence-electron chi connectivity index (χ0n) is 11.3. The Balaban J connectivity index is 2.15. The highest BCUT2D eigenvalue weighted by Crippen LogP contribution is 2.44. The number of rotatable bonds is 6. The molecule has 2 rings (SSSR count). The molecule has 0 saturated heterocycles. The van der Waals surface area contributed by atoms with Crippen molar-refractivity contribution in [2.45, 2.75) is 38.3 Å². The second-order valence-electron chi connectivity index (χ2n) is 5.38. The van der Waals surface area contributed by atoms with Crippen molar-refractivity contribution in [3.8, 4) is 0 Å². The van der Waals surface area contributed by atoms with Gasteiger partial charge in [0.1, 0.15) is 5.82 Å². The first-order chi connectivity index (χ1) is 8.64. The summed E-state index contributed by atoms with van der Waals surface area (Å²) in [4.78, 5) is 2.25. The van der Waals surface area contributed by atoms with Crippen LogP contribution in [0.5, 0.6) is 0 Å².